The van der Waals surface area contributed by atoms with E-state index in [0.717, 1.165) is 5.84 Å². The van der Waals surface area contributed by atoms with Crippen molar-refractivity contribution in [2.24, 2.45) is 4.99 Å². The molecule has 2 aliphatic rings. The normalized spacial score (nSPS) is 23.2. The van der Waals surface area contributed by atoms with Crippen LogP contribution in [-0.4, -0.2) is 17.5 Å². The fraction of sp³-hybridized carbons (Fsp3) is 0.400. The minimum absolute atomic E-state index is 0.316. The number of hydrogen-bond donors (Lipinski definition) is 1. The molecule has 0 radical (unpaired) electrons. The molecule has 18 heavy (non-hydrogen) atoms. The highest BCUT2D eigenvalue weighted by atomic mass is 32.2. The first-order chi connectivity index (χ1) is 8.88. The molecule has 0 unspecified atom stereocenters. The van der Waals surface area contributed by atoms with Gasteiger partial charge in [0, 0.05) is 11.3 Å². The van der Waals surface area contributed by atoms with Gasteiger partial charge in [-0.05, 0) is 37.5 Å². The molecule has 0 bridgehead atoms. The summed E-state index contributed by atoms with van der Waals surface area (Å²) in [7, 11) is 0. The average molecular weight is 258 g/mol. The molecule has 1 aliphatic carbocycles. The third-order valence-corrected chi connectivity index (χ3v) is 4.43. The molecule has 94 valence electrons. The van der Waals surface area contributed by atoms with E-state index in [4.69, 9.17) is 4.99 Å². The minimum atomic E-state index is 0.316. The van der Waals surface area contributed by atoms with Crippen molar-refractivity contribution < 1.29 is 0 Å². The Morgan fingerprint density at radius 3 is 2.72 bits per heavy atom. The van der Waals surface area contributed by atoms with Gasteiger partial charge in [-0.2, -0.15) is 0 Å². The lowest BCUT2D eigenvalue weighted by Gasteiger charge is -2.30. The lowest BCUT2D eigenvalue weighted by Crippen LogP contribution is -2.33. The molecule has 1 aromatic carbocycles. The molecule has 3 rings (SSSR count). The van der Waals surface area contributed by atoms with Crippen LogP contribution in [0.25, 0.3) is 0 Å². The van der Waals surface area contributed by atoms with E-state index in [9.17, 15) is 0 Å². The van der Waals surface area contributed by atoms with Gasteiger partial charge < -0.3 is 5.32 Å². The summed E-state index contributed by atoms with van der Waals surface area (Å²) in [6.45, 7) is 0. The smallest absolute Gasteiger partial charge is 0.134 e. The summed E-state index contributed by atoms with van der Waals surface area (Å²) in [5.74, 6) is 1.04. The van der Waals surface area contributed by atoms with Crippen LogP contribution >= 0.6 is 11.8 Å². The van der Waals surface area contributed by atoms with Gasteiger partial charge in [-0.15, -0.1) is 11.8 Å². The van der Waals surface area contributed by atoms with Gasteiger partial charge in [0.1, 0.15) is 11.2 Å². The van der Waals surface area contributed by atoms with E-state index < -0.39 is 0 Å². The molecule has 1 aromatic rings. The first kappa shape index (κ1) is 11.8. The predicted octanol–water partition coefficient (Wildman–Crippen LogP) is 3.55. The fourth-order valence-corrected chi connectivity index (χ4v) is 3.41. The number of aliphatic imine (C=N–C) groups is 1. The van der Waals surface area contributed by atoms with Crippen LogP contribution in [0.1, 0.15) is 31.2 Å². The molecule has 0 saturated carbocycles. The van der Waals surface area contributed by atoms with Gasteiger partial charge in [-0.3, -0.25) is 0 Å². The molecule has 1 aliphatic heterocycles. The minimum Gasteiger partial charge on any atom is -0.343 e. The van der Waals surface area contributed by atoms with Crippen molar-refractivity contribution >= 4 is 17.6 Å². The van der Waals surface area contributed by atoms with Crippen LogP contribution in [-0.2, 0) is 0 Å². The number of benzene rings is 1. The van der Waals surface area contributed by atoms with E-state index in [2.05, 4.69) is 35.8 Å². The Kier molecular flexibility index (Phi) is 3.41. The van der Waals surface area contributed by atoms with E-state index >= 15 is 0 Å². The fourth-order valence-electron chi connectivity index (χ4n) is 2.65. The third-order valence-electron chi connectivity index (χ3n) is 3.59. The van der Waals surface area contributed by atoms with Crippen molar-refractivity contribution in [3.8, 4) is 0 Å². The largest absolute Gasteiger partial charge is 0.343 e. The molecule has 0 saturated heterocycles. The molecule has 1 N–H and O–H groups in total. The Hall–Kier alpha value is -1.22. The van der Waals surface area contributed by atoms with Gasteiger partial charge in [-0.25, -0.2) is 4.99 Å². The number of hydrogen-bond acceptors (Lipinski definition) is 3. The van der Waals surface area contributed by atoms with Crippen molar-refractivity contribution in [1.29, 1.82) is 0 Å². The van der Waals surface area contributed by atoms with Gasteiger partial charge in [0.2, 0.25) is 0 Å². The Morgan fingerprint density at radius 1 is 1.17 bits per heavy atom. The Bertz CT molecular complexity index is 490. The lowest BCUT2D eigenvalue weighted by atomic mass is 9.94. The number of thioether (sulfide) groups is 1. The molecule has 0 aromatic heterocycles. The van der Waals surface area contributed by atoms with Crippen molar-refractivity contribution in [1.82, 2.24) is 5.32 Å². The SMILES string of the molecule is CS[C@@H]1N=C(c2ccccc2)NC2=C1CCCC2. The second-order valence-electron chi connectivity index (χ2n) is 4.77. The van der Waals surface area contributed by atoms with Crippen LogP contribution in [0.15, 0.2) is 46.6 Å². The van der Waals surface area contributed by atoms with Crippen LogP contribution in [0.2, 0.25) is 0 Å². The lowest BCUT2D eigenvalue weighted by molar-refractivity contribution is 0.626. The van der Waals surface area contributed by atoms with Crippen LogP contribution in [0, 0.1) is 0 Å². The third kappa shape index (κ3) is 2.19. The number of rotatable bonds is 2. The zero-order valence-electron chi connectivity index (χ0n) is 10.6. The molecular formula is C15H18N2S. The average Bonchev–Trinajstić information content (AvgIpc) is 2.47. The van der Waals surface area contributed by atoms with E-state index in [1.807, 2.05) is 17.8 Å². The number of allylic oxidation sites excluding steroid dienone is 1. The maximum Gasteiger partial charge on any atom is 0.134 e. The van der Waals surface area contributed by atoms with Gasteiger partial charge in [0.15, 0.2) is 0 Å². The van der Waals surface area contributed by atoms with E-state index in [-0.39, 0.29) is 0 Å². The second-order valence-corrected chi connectivity index (χ2v) is 5.69. The van der Waals surface area contributed by atoms with E-state index in [0.29, 0.717) is 5.37 Å². The Morgan fingerprint density at radius 2 is 1.94 bits per heavy atom. The van der Waals surface area contributed by atoms with E-state index in [1.165, 1.54) is 42.5 Å². The summed E-state index contributed by atoms with van der Waals surface area (Å²) in [5, 5.41) is 3.87. The topological polar surface area (TPSA) is 24.4 Å². The van der Waals surface area contributed by atoms with Gasteiger partial charge in [0.05, 0.1) is 0 Å². The summed E-state index contributed by atoms with van der Waals surface area (Å²) >= 11 is 1.84. The monoisotopic (exact) mass is 258 g/mol. The standard InChI is InChI=1S/C15H18N2S/c1-18-15-12-9-5-6-10-13(12)16-14(17-15)11-7-3-2-4-8-11/h2-4,7-8,15H,5-6,9-10H2,1H3,(H,16,17)/t15-/m0/s1. The second kappa shape index (κ2) is 5.19. The molecule has 2 nitrogen and oxygen atoms in total. The van der Waals surface area contributed by atoms with Crippen molar-refractivity contribution in [2.75, 3.05) is 6.26 Å². The highest BCUT2D eigenvalue weighted by Crippen LogP contribution is 2.34. The molecule has 0 spiro atoms. The van der Waals surface area contributed by atoms with Gasteiger partial charge >= 0.3 is 0 Å². The molecule has 0 fully saturated rings. The molecule has 1 heterocycles. The van der Waals surface area contributed by atoms with Crippen LogP contribution in [0.3, 0.4) is 0 Å². The van der Waals surface area contributed by atoms with E-state index in [1.54, 1.807) is 0 Å². The Labute approximate surface area is 113 Å². The Balaban J connectivity index is 1.93. The molecule has 3 heteroatoms. The first-order valence-corrected chi connectivity index (χ1v) is 7.82. The summed E-state index contributed by atoms with van der Waals surface area (Å²) in [4.78, 5) is 4.87. The maximum absolute atomic E-state index is 4.87. The maximum atomic E-state index is 4.87. The zero-order valence-corrected chi connectivity index (χ0v) is 11.5. The molecule has 0 amide bonds. The first-order valence-electron chi connectivity index (χ1n) is 6.53. The van der Waals surface area contributed by atoms with Crippen molar-refractivity contribution in [2.45, 2.75) is 31.1 Å². The predicted molar refractivity (Wildman–Crippen MR) is 78.9 cm³/mol. The van der Waals surface area contributed by atoms with Crippen LogP contribution in [0.4, 0.5) is 0 Å². The van der Waals surface area contributed by atoms with Gasteiger partial charge in [-0.1, -0.05) is 30.3 Å². The summed E-state index contributed by atoms with van der Waals surface area (Å²) < 4.78 is 0. The summed E-state index contributed by atoms with van der Waals surface area (Å²) in [5.41, 5.74) is 4.14. The van der Waals surface area contributed by atoms with Gasteiger partial charge in [0.25, 0.3) is 0 Å². The number of amidine groups is 1. The zero-order chi connectivity index (χ0) is 12.4. The number of nitrogens with one attached hydrogen (secondary N) is 1. The summed E-state index contributed by atoms with van der Waals surface area (Å²) in [6, 6.07) is 10.4. The highest BCUT2D eigenvalue weighted by molar-refractivity contribution is 7.99. The quantitative estimate of drug-likeness (QED) is 0.877. The summed E-state index contributed by atoms with van der Waals surface area (Å²) in [6.07, 6.45) is 7.15. The molecular weight excluding hydrogens is 240 g/mol. The van der Waals surface area contributed by atoms with Crippen LogP contribution in [0.5, 0.6) is 0 Å². The number of nitrogens with zero attached hydrogens (tertiary/aromatic N) is 1. The van der Waals surface area contributed by atoms with Crippen molar-refractivity contribution in [3.05, 3.63) is 47.2 Å². The van der Waals surface area contributed by atoms with Crippen molar-refractivity contribution in [3.63, 3.8) is 0 Å². The van der Waals surface area contributed by atoms with Crippen LogP contribution < -0.4 is 5.32 Å². The highest BCUT2D eigenvalue weighted by Gasteiger charge is 2.25. The molecule has 1 atom stereocenters.